The van der Waals surface area contributed by atoms with Gasteiger partial charge < -0.3 is 5.11 Å². The van der Waals surface area contributed by atoms with Crippen LogP contribution in [0.3, 0.4) is 0 Å². The third-order valence-electron chi connectivity index (χ3n) is 2.38. The van der Waals surface area contributed by atoms with Crippen molar-refractivity contribution in [2.75, 3.05) is 0 Å². The van der Waals surface area contributed by atoms with E-state index in [4.69, 9.17) is 0 Å². The molecule has 72 valence electrons. The number of nitrogens with zero attached hydrogens (tertiary/aromatic N) is 1. The fraction of sp³-hybridized carbons (Fsp3) is 0.250. The summed E-state index contributed by atoms with van der Waals surface area (Å²) in [7, 11) is 0. The van der Waals surface area contributed by atoms with Crippen LogP contribution in [0.15, 0.2) is 30.6 Å². The molecule has 2 aromatic rings. The van der Waals surface area contributed by atoms with Crippen molar-refractivity contribution < 1.29 is 5.11 Å². The highest BCUT2D eigenvalue weighted by Crippen LogP contribution is 2.24. The Balaban J connectivity index is 2.80. The number of pyridine rings is 1. The maximum absolute atomic E-state index is 9.63. The SMILES string of the molecule is Cc1cc(C(C)O)c2ccncc2c1. The maximum Gasteiger partial charge on any atom is 0.0768 e. The van der Waals surface area contributed by atoms with E-state index in [2.05, 4.69) is 11.1 Å². The number of aromatic nitrogens is 1. The summed E-state index contributed by atoms with van der Waals surface area (Å²) < 4.78 is 0. The summed E-state index contributed by atoms with van der Waals surface area (Å²) in [6.07, 6.45) is 3.15. The molecule has 0 radical (unpaired) electrons. The van der Waals surface area contributed by atoms with Gasteiger partial charge in [0.05, 0.1) is 6.10 Å². The molecule has 0 aliphatic rings. The Morgan fingerprint density at radius 3 is 2.86 bits per heavy atom. The lowest BCUT2D eigenvalue weighted by Gasteiger charge is -2.10. The van der Waals surface area contributed by atoms with Crippen LogP contribution in [0.4, 0.5) is 0 Å². The summed E-state index contributed by atoms with van der Waals surface area (Å²) in [5.74, 6) is 0. The Hall–Kier alpha value is -1.41. The Labute approximate surface area is 83.2 Å². The lowest BCUT2D eigenvalue weighted by Crippen LogP contribution is -1.94. The van der Waals surface area contributed by atoms with E-state index in [9.17, 15) is 5.11 Å². The number of aliphatic hydroxyl groups excluding tert-OH is 1. The first-order valence-electron chi connectivity index (χ1n) is 4.71. The number of benzene rings is 1. The molecule has 1 aromatic heterocycles. The minimum atomic E-state index is -0.431. The minimum absolute atomic E-state index is 0.431. The van der Waals surface area contributed by atoms with Crippen LogP contribution < -0.4 is 0 Å². The Morgan fingerprint density at radius 1 is 1.36 bits per heavy atom. The first-order valence-corrected chi connectivity index (χ1v) is 4.71. The molecule has 14 heavy (non-hydrogen) atoms. The summed E-state index contributed by atoms with van der Waals surface area (Å²) in [4.78, 5) is 4.07. The molecule has 0 bridgehead atoms. The number of hydrogen-bond donors (Lipinski definition) is 1. The van der Waals surface area contributed by atoms with Gasteiger partial charge in [-0.25, -0.2) is 0 Å². The van der Waals surface area contributed by atoms with E-state index in [0.29, 0.717) is 0 Å². The smallest absolute Gasteiger partial charge is 0.0768 e. The molecule has 1 aromatic carbocycles. The number of hydrogen-bond acceptors (Lipinski definition) is 2. The van der Waals surface area contributed by atoms with E-state index in [1.165, 1.54) is 0 Å². The largest absolute Gasteiger partial charge is 0.389 e. The molecular weight excluding hydrogens is 174 g/mol. The van der Waals surface area contributed by atoms with Crippen molar-refractivity contribution in [3.63, 3.8) is 0 Å². The second-order valence-corrected chi connectivity index (χ2v) is 3.63. The van der Waals surface area contributed by atoms with Crippen LogP contribution in [-0.2, 0) is 0 Å². The molecule has 0 fully saturated rings. The normalized spacial score (nSPS) is 13.1. The molecule has 0 saturated heterocycles. The quantitative estimate of drug-likeness (QED) is 0.744. The van der Waals surface area contributed by atoms with Gasteiger partial charge in [0, 0.05) is 17.8 Å². The average molecular weight is 187 g/mol. The van der Waals surface area contributed by atoms with Gasteiger partial charge in [0.2, 0.25) is 0 Å². The number of aryl methyl sites for hydroxylation is 1. The van der Waals surface area contributed by atoms with Gasteiger partial charge in [-0.05, 0) is 36.9 Å². The van der Waals surface area contributed by atoms with Crippen LogP contribution in [0, 0.1) is 6.92 Å². The Kier molecular flexibility index (Phi) is 2.22. The number of fused-ring (bicyclic) bond motifs is 1. The third-order valence-corrected chi connectivity index (χ3v) is 2.38. The van der Waals surface area contributed by atoms with E-state index >= 15 is 0 Å². The van der Waals surface area contributed by atoms with E-state index < -0.39 is 6.10 Å². The van der Waals surface area contributed by atoms with Crippen LogP contribution in [-0.4, -0.2) is 10.1 Å². The zero-order valence-corrected chi connectivity index (χ0v) is 8.36. The topological polar surface area (TPSA) is 33.1 Å². The van der Waals surface area contributed by atoms with Crippen molar-refractivity contribution >= 4 is 10.8 Å². The van der Waals surface area contributed by atoms with E-state index in [1.807, 2.05) is 25.3 Å². The third kappa shape index (κ3) is 1.49. The van der Waals surface area contributed by atoms with Crippen LogP contribution in [0.25, 0.3) is 10.8 Å². The second-order valence-electron chi connectivity index (χ2n) is 3.63. The molecule has 0 spiro atoms. The molecule has 1 N–H and O–H groups in total. The summed E-state index contributed by atoms with van der Waals surface area (Å²) in [6.45, 7) is 3.81. The fourth-order valence-electron chi connectivity index (χ4n) is 1.74. The van der Waals surface area contributed by atoms with Crippen LogP contribution in [0.2, 0.25) is 0 Å². The zero-order chi connectivity index (χ0) is 10.1. The lowest BCUT2D eigenvalue weighted by molar-refractivity contribution is 0.201. The molecule has 1 atom stereocenters. The Morgan fingerprint density at radius 2 is 2.14 bits per heavy atom. The average Bonchev–Trinajstić information content (AvgIpc) is 2.16. The highest BCUT2D eigenvalue weighted by molar-refractivity contribution is 5.85. The van der Waals surface area contributed by atoms with Gasteiger partial charge in [-0.1, -0.05) is 11.6 Å². The standard InChI is InChI=1S/C12H13NO/c1-8-5-10-7-13-4-3-11(10)12(6-8)9(2)14/h3-7,9,14H,1-2H3. The predicted molar refractivity (Wildman–Crippen MR) is 57.1 cm³/mol. The molecule has 0 aliphatic carbocycles. The van der Waals surface area contributed by atoms with Crippen LogP contribution in [0.5, 0.6) is 0 Å². The van der Waals surface area contributed by atoms with Gasteiger partial charge in [-0.2, -0.15) is 0 Å². The first kappa shape index (κ1) is 9.16. The summed E-state index contributed by atoms with van der Waals surface area (Å²) in [5.41, 5.74) is 2.13. The monoisotopic (exact) mass is 187 g/mol. The molecule has 0 amide bonds. The molecular formula is C12H13NO. The highest BCUT2D eigenvalue weighted by atomic mass is 16.3. The predicted octanol–water partition coefficient (Wildman–Crippen LogP) is 2.60. The van der Waals surface area contributed by atoms with Crippen molar-refractivity contribution in [2.45, 2.75) is 20.0 Å². The molecule has 0 saturated carbocycles. The molecule has 2 heteroatoms. The summed E-state index contributed by atoms with van der Waals surface area (Å²) in [5, 5.41) is 11.8. The van der Waals surface area contributed by atoms with Crippen LogP contribution in [0.1, 0.15) is 24.2 Å². The number of aliphatic hydroxyl groups is 1. The maximum atomic E-state index is 9.63. The van der Waals surface area contributed by atoms with Gasteiger partial charge in [-0.3, -0.25) is 4.98 Å². The van der Waals surface area contributed by atoms with Gasteiger partial charge in [0.15, 0.2) is 0 Å². The van der Waals surface area contributed by atoms with Gasteiger partial charge in [0.1, 0.15) is 0 Å². The summed E-state index contributed by atoms with van der Waals surface area (Å²) >= 11 is 0. The van der Waals surface area contributed by atoms with Gasteiger partial charge in [-0.15, -0.1) is 0 Å². The molecule has 1 heterocycles. The minimum Gasteiger partial charge on any atom is -0.389 e. The van der Waals surface area contributed by atoms with E-state index in [-0.39, 0.29) is 0 Å². The fourth-order valence-corrected chi connectivity index (χ4v) is 1.74. The van der Waals surface area contributed by atoms with Crippen molar-refractivity contribution in [3.05, 3.63) is 41.7 Å². The molecule has 2 rings (SSSR count). The Bertz CT molecular complexity index is 463. The number of rotatable bonds is 1. The second kappa shape index (κ2) is 3.39. The lowest BCUT2D eigenvalue weighted by atomic mass is 10.00. The van der Waals surface area contributed by atoms with Crippen molar-refractivity contribution in [1.29, 1.82) is 0 Å². The van der Waals surface area contributed by atoms with Gasteiger partial charge in [0.25, 0.3) is 0 Å². The van der Waals surface area contributed by atoms with E-state index in [0.717, 1.165) is 21.9 Å². The van der Waals surface area contributed by atoms with Crippen LogP contribution >= 0.6 is 0 Å². The van der Waals surface area contributed by atoms with Crippen molar-refractivity contribution in [1.82, 2.24) is 4.98 Å². The van der Waals surface area contributed by atoms with Crippen molar-refractivity contribution in [2.24, 2.45) is 0 Å². The van der Waals surface area contributed by atoms with Gasteiger partial charge >= 0.3 is 0 Å². The van der Waals surface area contributed by atoms with E-state index in [1.54, 1.807) is 13.1 Å². The molecule has 1 unspecified atom stereocenters. The highest BCUT2D eigenvalue weighted by Gasteiger charge is 2.06. The zero-order valence-electron chi connectivity index (χ0n) is 8.36. The summed E-state index contributed by atoms with van der Waals surface area (Å²) in [6, 6.07) is 6.04. The molecule has 0 aliphatic heterocycles. The molecule has 2 nitrogen and oxygen atoms in total. The first-order chi connectivity index (χ1) is 6.68. The van der Waals surface area contributed by atoms with Crippen molar-refractivity contribution in [3.8, 4) is 0 Å².